The Morgan fingerprint density at radius 1 is 1.17 bits per heavy atom. The molecule has 1 amide bonds. The van der Waals surface area contributed by atoms with Crippen molar-refractivity contribution in [2.75, 3.05) is 19.5 Å². The number of thiophene rings is 1. The van der Waals surface area contributed by atoms with E-state index in [9.17, 15) is 10.1 Å². The molecule has 2 heterocycles. The number of benzene rings is 1. The van der Waals surface area contributed by atoms with Gasteiger partial charge in [-0.05, 0) is 36.6 Å². The van der Waals surface area contributed by atoms with Gasteiger partial charge < -0.3 is 14.8 Å². The lowest BCUT2D eigenvalue weighted by molar-refractivity contribution is -0.122. The van der Waals surface area contributed by atoms with Crippen molar-refractivity contribution >= 4 is 22.9 Å². The van der Waals surface area contributed by atoms with E-state index in [1.807, 2.05) is 23.6 Å². The molecule has 0 bridgehead atoms. The topological polar surface area (TPSA) is 84.2 Å². The summed E-state index contributed by atoms with van der Waals surface area (Å²) in [6, 6.07) is 9.74. The number of amides is 1. The maximum atomic E-state index is 12.2. The molecule has 1 aliphatic rings. The fourth-order valence-corrected chi connectivity index (χ4v) is 4.31. The van der Waals surface area contributed by atoms with Crippen molar-refractivity contribution in [3.05, 3.63) is 47.6 Å². The van der Waals surface area contributed by atoms with Crippen molar-refractivity contribution < 1.29 is 14.3 Å². The highest BCUT2D eigenvalue weighted by atomic mass is 32.1. The Morgan fingerprint density at radius 3 is 2.60 bits per heavy atom. The first-order valence-electron chi connectivity index (χ1n) is 9.65. The van der Waals surface area contributed by atoms with Crippen LogP contribution in [0, 0.1) is 17.2 Å². The van der Waals surface area contributed by atoms with Gasteiger partial charge in [0, 0.05) is 39.7 Å². The summed E-state index contributed by atoms with van der Waals surface area (Å²) in [6.07, 6.45) is 6.40. The highest BCUT2D eigenvalue weighted by Gasteiger charge is 2.25. The van der Waals surface area contributed by atoms with E-state index in [4.69, 9.17) is 9.47 Å². The molecule has 2 aromatic heterocycles. The number of carbonyl (C=O) groups excluding carboxylic acids is 1. The van der Waals surface area contributed by atoms with Crippen molar-refractivity contribution in [2.45, 2.75) is 19.3 Å². The maximum Gasteiger partial charge on any atom is 0.227 e. The highest BCUT2D eigenvalue weighted by molar-refractivity contribution is 7.14. The van der Waals surface area contributed by atoms with Gasteiger partial charge >= 0.3 is 0 Å². The Balaban J connectivity index is 1.68. The van der Waals surface area contributed by atoms with Gasteiger partial charge in [-0.1, -0.05) is 12.5 Å². The number of methoxy groups -OCH3 is 2. The molecule has 0 saturated heterocycles. The van der Waals surface area contributed by atoms with Gasteiger partial charge in [0.05, 0.1) is 25.5 Å². The molecule has 3 aromatic rings. The number of hydrogen-bond donors (Lipinski definition) is 1. The first kappa shape index (κ1) is 19.9. The highest BCUT2D eigenvalue weighted by Crippen LogP contribution is 2.38. The summed E-state index contributed by atoms with van der Waals surface area (Å²) in [5.74, 6) is 1.40. The van der Waals surface area contributed by atoms with Gasteiger partial charge in [-0.25, -0.2) is 0 Å². The van der Waals surface area contributed by atoms with Crippen molar-refractivity contribution in [3.8, 4) is 39.1 Å². The number of carbonyl (C=O) groups is 1. The van der Waals surface area contributed by atoms with Gasteiger partial charge in [0.1, 0.15) is 6.07 Å². The van der Waals surface area contributed by atoms with E-state index in [2.05, 4.69) is 16.4 Å². The minimum absolute atomic E-state index is 0.0725. The summed E-state index contributed by atoms with van der Waals surface area (Å²) in [5, 5.41) is 14.8. The molecule has 4 rings (SSSR count). The van der Waals surface area contributed by atoms with E-state index in [0.717, 1.165) is 41.0 Å². The van der Waals surface area contributed by atoms with Crippen LogP contribution in [0.15, 0.2) is 42.0 Å². The van der Waals surface area contributed by atoms with Crippen LogP contribution in [0.2, 0.25) is 0 Å². The van der Waals surface area contributed by atoms with Crippen LogP contribution >= 0.6 is 11.3 Å². The first-order chi connectivity index (χ1) is 14.6. The quantitative estimate of drug-likeness (QED) is 0.601. The zero-order valence-corrected chi connectivity index (χ0v) is 17.6. The second kappa shape index (κ2) is 8.56. The number of aromatic nitrogens is 1. The van der Waals surface area contributed by atoms with Crippen molar-refractivity contribution in [2.24, 2.45) is 5.92 Å². The third-order valence-corrected chi connectivity index (χ3v) is 6.32. The van der Waals surface area contributed by atoms with Gasteiger partial charge in [0.25, 0.3) is 0 Å². The fourth-order valence-electron chi connectivity index (χ4n) is 3.45. The normalized spacial score (nSPS) is 13.2. The molecular formula is C23H21N3O3S. The first-order valence-corrected chi connectivity index (χ1v) is 10.5. The van der Waals surface area contributed by atoms with Crippen LogP contribution in [0.5, 0.6) is 11.5 Å². The van der Waals surface area contributed by atoms with Crippen LogP contribution in [0.1, 0.15) is 24.8 Å². The van der Waals surface area contributed by atoms with E-state index in [1.165, 1.54) is 11.3 Å². The number of rotatable bonds is 6. The maximum absolute atomic E-state index is 12.2. The number of anilines is 1. The largest absolute Gasteiger partial charge is 0.493 e. The summed E-state index contributed by atoms with van der Waals surface area (Å²) in [5.41, 5.74) is 3.54. The molecule has 0 unspecified atom stereocenters. The van der Waals surface area contributed by atoms with Crippen molar-refractivity contribution in [1.82, 2.24) is 4.98 Å². The Kier molecular flexibility index (Phi) is 5.68. The second-order valence-corrected chi connectivity index (χ2v) is 8.02. The monoisotopic (exact) mass is 419 g/mol. The summed E-state index contributed by atoms with van der Waals surface area (Å²) in [4.78, 5) is 17.5. The van der Waals surface area contributed by atoms with Crippen molar-refractivity contribution in [1.29, 1.82) is 5.26 Å². The predicted molar refractivity (Wildman–Crippen MR) is 117 cm³/mol. The zero-order chi connectivity index (χ0) is 21.1. The van der Waals surface area contributed by atoms with Gasteiger partial charge in [-0.15, -0.1) is 11.3 Å². The molecule has 7 heteroatoms. The van der Waals surface area contributed by atoms with Crippen LogP contribution in [0.4, 0.5) is 5.69 Å². The standard InChI is InChI=1S/C23H21N3O3S/c1-28-20-7-6-15(8-21(20)29-2)18-11-25-12-19(17(18)10-24)22-9-16(13-30-22)26-23(27)14-4-3-5-14/h6-9,11-14H,3-5H2,1-2H3,(H,26,27). The van der Waals surface area contributed by atoms with Gasteiger partial charge in [-0.3, -0.25) is 9.78 Å². The van der Waals surface area contributed by atoms with Crippen LogP contribution in [0.25, 0.3) is 21.6 Å². The molecule has 152 valence electrons. The summed E-state index contributed by atoms with van der Waals surface area (Å²) < 4.78 is 10.7. The van der Waals surface area contributed by atoms with E-state index in [0.29, 0.717) is 22.6 Å². The van der Waals surface area contributed by atoms with Gasteiger partial charge in [0.2, 0.25) is 5.91 Å². The van der Waals surface area contributed by atoms with Crippen LogP contribution in [0.3, 0.4) is 0 Å². The summed E-state index contributed by atoms with van der Waals surface area (Å²) in [6.45, 7) is 0. The average Bonchev–Trinajstić information content (AvgIpc) is 3.19. The zero-order valence-electron chi connectivity index (χ0n) is 16.8. The third-order valence-electron chi connectivity index (χ3n) is 5.36. The Hall–Kier alpha value is -3.37. The molecule has 1 fully saturated rings. The molecular weight excluding hydrogens is 398 g/mol. The average molecular weight is 420 g/mol. The molecule has 1 aromatic carbocycles. The fraction of sp³-hybridized carbons (Fsp3) is 0.261. The Labute approximate surface area is 179 Å². The Morgan fingerprint density at radius 2 is 1.93 bits per heavy atom. The lowest BCUT2D eigenvalue weighted by Crippen LogP contribution is -2.27. The molecule has 0 aliphatic heterocycles. The van der Waals surface area contributed by atoms with Crippen LogP contribution in [-0.4, -0.2) is 25.1 Å². The number of nitriles is 1. The molecule has 0 radical (unpaired) electrons. The molecule has 1 aliphatic carbocycles. The van der Waals surface area contributed by atoms with Gasteiger partial charge in [-0.2, -0.15) is 5.26 Å². The molecule has 0 atom stereocenters. The third kappa shape index (κ3) is 3.74. The summed E-state index contributed by atoms with van der Waals surface area (Å²) >= 11 is 1.48. The van der Waals surface area contributed by atoms with Crippen LogP contribution < -0.4 is 14.8 Å². The lowest BCUT2D eigenvalue weighted by atomic mass is 9.85. The molecule has 6 nitrogen and oxygen atoms in total. The number of nitrogens with zero attached hydrogens (tertiary/aromatic N) is 2. The van der Waals surface area contributed by atoms with E-state index in [-0.39, 0.29) is 11.8 Å². The van der Waals surface area contributed by atoms with E-state index < -0.39 is 0 Å². The molecule has 0 spiro atoms. The number of hydrogen-bond acceptors (Lipinski definition) is 6. The van der Waals surface area contributed by atoms with Crippen LogP contribution in [-0.2, 0) is 4.79 Å². The SMILES string of the molecule is COc1ccc(-c2cncc(-c3cc(NC(=O)C4CCC4)cs3)c2C#N)cc1OC. The second-order valence-electron chi connectivity index (χ2n) is 7.11. The number of pyridine rings is 1. The number of ether oxygens (including phenoxy) is 2. The molecule has 30 heavy (non-hydrogen) atoms. The molecule has 1 N–H and O–H groups in total. The lowest BCUT2D eigenvalue weighted by Gasteiger charge is -2.23. The molecule has 1 saturated carbocycles. The smallest absolute Gasteiger partial charge is 0.227 e. The minimum atomic E-state index is 0.0725. The Bertz CT molecular complexity index is 1130. The predicted octanol–water partition coefficient (Wildman–Crippen LogP) is 5.10. The van der Waals surface area contributed by atoms with E-state index in [1.54, 1.807) is 32.7 Å². The van der Waals surface area contributed by atoms with E-state index >= 15 is 0 Å². The van der Waals surface area contributed by atoms with Crippen molar-refractivity contribution in [3.63, 3.8) is 0 Å². The number of nitrogens with one attached hydrogen (secondary N) is 1. The van der Waals surface area contributed by atoms with Gasteiger partial charge in [0.15, 0.2) is 11.5 Å². The summed E-state index contributed by atoms with van der Waals surface area (Å²) in [7, 11) is 3.16. The minimum Gasteiger partial charge on any atom is -0.493 e.